The van der Waals surface area contributed by atoms with Gasteiger partial charge in [0.05, 0.1) is 10.9 Å². The fraction of sp³-hybridized carbons (Fsp3) is 0.217. The number of nitrogens with one attached hydrogen (secondary N) is 3. The maximum Gasteiger partial charge on any atom is 0.328 e. The van der Waals surface area contributed by atoms with Crippen LogP contribution in [0.5, 0.6) is 0 Å². The van der Waals surface area contributed by atoms with Gasteiger partial charge in [0.1, 0.15) is 6.04 Å². The minimum atomic E-state index is -1.13. The number of carboxylic acid groups (broad SMARTS) is 1. The van der Waals surface area contributed by atoms with Crippen molar-refractivity contribution in [1.82, 2.24) is 19.9 Å². The summed E-state index contributed by atoms with van der Waals surface area (Å²) in [5, 5.41) is 13.4. The monoisotopic (exact) mass is 434 g/mol. The van der Waals surface area contributed by atoms with Crippen LogP contribution in [-0.4, -0.2) is 37.6 Å². The Morgan fingerprint density at radius 3 is 2.44 bits per heavy atom. The number of aromatic amines is 2. The Hall–Kier alpha value is -4.14. The number of carbonyl (C=O) groups is 2. The number of aliphatic carboxylic acids is 1. The topological polar surface area (TPSA) is 137 Å². The van der Waals surface area contributed by atoms with Crippen molar-refractivity contribution in [3.8, 4) is 0 Å². The van der Waals surface area contributed by atoms with Crippen LogP contribution < -0.4 is 16.6 Å². The number of rotatable bonds is 8. The Bertz CT molecular complexity index is 1420. The van der Waals surface area contributed by atoms with E-state index in [-0.39, 0.29) is 25.8 Å². The third kappa shape index (κ3) is 4.31. The first-order valence-corrected chi connectivity index (χ1v) is 10.2. The third-order valence-corrected chi connectivity index (χ3v) is 5.41. The highest BCUT2D eigenvalue weighted by molar-refractivity contribution is 5.86. The molecule has 0 aliphatic carbocycles. The minimum absolute atomic E-state index is 0.0175. The molecule has 0 radical (unpaired) electrons. The summed E-state index contributed by atoms with van der Waals surface area (Å²) >= 11 is 0. The van der Waals surface area contributed by atoms with Gasteiger partial charge in [0, 0.05) is 36.5 Å². The lowest BCUT2D eigenvalue weighted by Gasteiger charge is -2.14. The zero-order chi connectivity index (χ0) is 22.7. The number of carboxylic acids is 1. The molecule has 0 fully saturated rings. The second-order valence-electron chi connectivity index (χ2n) is 7.56. The highest BCUT2D eigenvalue weighted by Crippen LogP contribution is 2.19. The fourth-order valence-corrected chi connectivity index (χ4v) is 3.79. The van der Waals surface area contributed by atoms with E-state index in [0.29, 0.717) is 10.9 Å². The third-order valence-electron chi connectivity index (χ3n) is 5.41. The first-order valence-electron chi connectivity index (χ1n) is 10.2. The Labute approximate surface area is 181 Å². The minimum Gasteiger partial charge on any atom is -0.480 e. The van der Waals surface area contributed by atoms with Crippen LogP contribution in [0.25, 0.3) is 21.8 Å². The summed E-state index contributed by atoms with van der Waals surface area (Å²) in [4.78, 5) is 54.5. The molecule has 1 amide bonds. The lowest BCUT2D eigenvalue weighted by atomic mass is 10.0. The molecule has 4 N–H and O–H groups in total. The molecular weight excluding hydrogens is 412 g/mol. The van der Waals surface area contributed by atoms with Crippen molar-refractivity contribution in [3.05, 3.63) is 81.1 Å². The van der Waals surface area contributed by atoms with Crippen molar-refractivity contribution in [2.75, 3.05) is 0 Å². The molecule has 0 spiro atoms. The number of H-pyrrole nitrogens is 2. The van der Waals surface area contributed by atoms with Crippen molar-refractivity contribution in [2.45, 2.75) is 31.8 Å². The van der Waals surface area contributed by atoms with Crippen molar-refractivity contribution >= 4 is 33.7 Å². The first-order chi connectivity index (χ1) is 15.4. The summed E-state index contributed by atoms with van der Waals surface area (Å²) < 4.78 is 1.05. The number of para-hydroxylation sites is 2. The zero-order valence-electron chi connectivity index (χ0n) is 17.1. The Kier molecular flexibility index (Phi) is 5.89. The summed E-state index contributed by atoms with van der Waals surface area (Å²) in [5.41, 5.74) is 1.18. The number of hydrogen-bond acceptors (Lipinski definition) is 4. The molecule has 1 unspecified atom stereocenters. The molecule has 9 nitrogen and oxygen atoms in total. The van der Waals surface area contributed by atoms with Gasteiger partial charge in [0.25, 0.3) is 5.56 Å². The van der Waals surface area contributed by atoms with Gasteiger partial charge in [0.15, 0.2) is 0 Å². The van der Waals surface area contributed by atoms with Crippen LogP contribution in [0.3, 0.4) is 0 Å². The summed E-state index contributed by atoms with van der Waals surface area (Å²) in [5.74, 6) is -1.59. The van der Waals surface area contributed by atoms with Gasteiger partial charge >= 0.3 is 11.7 Å². The molecular formula is C23H22N4O5. The average Bonchev–Trinajstić information content (AvgIpc) is 3.18. The number of hydrogen-bond donors (Lipinski definition) is 4. The quantitative estimate of drug-likeness (QED) is 0.335. The van der Waals surface area contributed by atoms with Gasteiger partial charge in [-0.25, -0.2) is 9.59 Å². The molecule has 0 saturated heterocycles. The first kappa shape index (κ1) is 21.1. The van der Waals surface area contributed by atoms with Gasteiger partial charge in [-0.3, -0.25) is 14.2 Å². The van der Waals surface area contributed by atoms with Gasteiger partial charge in [0.2, 0.25) is 5.91 Å². The molecule has 9 heteroatoms. The van der Waals surface area contributed by atoms with E-state index in [1.807, 2.05) is 24.3 Å². The van der Waals surface area contributed by atoms with Crippen molar-refractivity contribution in [2.24, 2.45) is 0 Å². The van der Waals surface area contributed by atoms with Crippen molar-refractivity contribution in [1.29, 1.82) is 0 Å². The molecule has 164 valence electrons. The molecule has 2 aromatic heterocycles. The predicted molar refractivity (Wildman–Crippen MR) is 120 cm³/mol. The highest BCUT2D eigenvalue weighted by Gasteiger charge is 2.21. The van der Waals surface area contributed by atoms with Crippen LogP contribution in [-0.2, 0) is 22.6 Å². The summed E-state index contributed by atoms with van der Waals surface area (Å²) in [7, 11) is 0. The zero-order valence-corrected chi connectivity index (χ0v) is 17.1. The molecule has 4 rings (SSSR count). The molecule has 0 aliphatic heterocycles. The molecule has 0 bridgehead atoms. The van der Waals surface area contributed by atoms with Crippen LogP contribution in [0, 0.1) is 0 Å². The Morgan fingerprint density at radius 1 is 1.00 bits per heavy atom. The van der Waals surface area contributed by atoms with Gasteiger partial charge in [-0.05, 0) is 30.2 Å². The van der Waals surface area contributed by atoms with E-state index in [4.69, 9.17) is 0 Å². The largest absolute Gasteiger partial charge is 0.480 e. The van der Waals surface area contributed by atoms with Crippen molar-refractivity contribution < 1.29 is 14.7 Å². The average molecular weight is 434 g/mol. The Morgan fingerprint density at radius 2 is 1.69 bits per heavy atom. The van der Waals surface area contributed by atoms with Crippen LogP contribution in [0.4, 0.5) is 0 Å². The lowest BCUT2D eigenvalue weighted by molar-refractivity contribution is -0.141. The Balaban J connectivity index is 1.39. The second kappa shape index (κ2) is 8.93. The van der Waals surface area contributed by atoms with E-state index < -0.39 is 29.2 Å². The van der Waals surface area contributed by atoms with E-state index >= 15 is 0 Å². The van der Waals surface area contributed by atoms with Crippen LogP contribution in [0.2, 0.25) is 0 Å². The van der Waals surface area contributed by atoms with Gasteiger partial charge in [-0.15, -0.1) is 0 Å². The van der Waals surface area contributed by atoms with Crippen LogP contribution in [0.1, 0.15) is 18.4 Å². The lowest BCUT2D eigenvalue weighted by Crippen LogP contribution is -2.42. The van der Waals surface area contributed by atoms with Crippen molar-refractivity contribution in [3.63, 3.8) is 0 Å². The molecule has 4 aromatic rings. The SMILES string of the molecule is O=C(CCCn1c(=O)[nH]c2ccccc2c1=O)NC(Cc1c[nH]c2ccccc12)C(=O)O. The molecule has 2 aromatic carbocycles. The second-order valence-corrected chi connectivity index (χ2v) is 7.56. The number of amides is 1. The van der Waals surface area contributed by atoms with E-state index in [9.17, 15) is 24.3 Å². The van der Waals surface area contributed by atoms with Gasteiger partial charge in [-0.1, -0.05) is 30.3 Å². The number of nitrogens with zero attached hydrogens (tertiary/aromatic N) is 1. The molecule has 0 saturated carbocycles. The molecule has 32 heavy (non-hydrogen) atoms. The van der Waals surface area contributed by atoms with Gasteiger partial charge in [-0.2, -0.15) is 0 Å². The number of carbonyl (C=O) groups excluding carboxylic acids is 1. The summed E-state index contributed by atoms with van der Waals surface area (Å²) in [6.45, 7) is 0.0482. The molecule has 1 atom stereocenters. The van der Waals surface area contributed by atoms with E-state index in [1.54, 1.807) is 30.5 Å². The summed E-state index contributed by atoms with van der Waals surface area (Å²) in [6, 6.07) is 13.1. The number of fused-ring (bicyclic) bond motifs is 2. The van der Waals surface area contributed by atoms with Crippen LogP contribution >= 0.6 is 0 Å². The van der Waals surface area contributed by atoms with Gasteiger partial charge < -0.3 is 20.4 Å². The fourth-order valence-electron chi connectivity index (χ4n) is 3.79. The molecule has 2 heterocycles. The van der Waals surface area contributed by atoms with Crippen LogP contribution in [0.15, 0.2) is 64.3 Å². The maximum atomic E-state index is 12.5. The normalized spacial score (nSPS) is 12.1. The van der Waals surface area contributed by atoms with E-state index in [0.717, 1.165) is 21.0 Å². The predicted octanol–water partition coefficient (Wildman–Crippen LogP) is 1.76. The smallest absolute Gasteiger partial charge is 0.328 e. The number of benzene rings is 2. The number of aromatic nitrogens is 3. The van der Waals surface area contributed by atoms with E-state index in [2.05, 4.69) is 15.3 Å². The molecule has 0 aliphatic rings. The van der Waals surface area contributed by atoms with E-state index in [1.165, 1.54) is 0 Å². The highest BCUT2D eigenvalue weighted by atomic mass is 16.4. The summed E-state index contributed by atoms with van der Waals surface area (Å²) in [6.07, 6.45) is 2.07. The maximum absolute atomic E-state index is 12.5. The standard InChI is InChI=1S/C23H22N4O5/c28-20(10-5-11-27-21(29)16-7-2-4-9-18(16)26-23(27)32)25-19(22(30)31)12-14-13-24-17-8-3-1-6-15(14)17/h1-4,6-9,13,19,24H,5,10-12H2,(H,25,28)(H,26,32)(H,30,31).